The van der Waals surface area contributed by atoms with Crippen molar-refractivity contribution in [2.24, 2.45) is 11.1 Å². The third-order valence-corrected chi connectivity index (χ3v) is 5.71. The molecule has 3 rings (SSSR count). The molecule has 3 nitrogen and oxygen atoms in total. The number of rotatable bonds is 4. The van der Waals surface area contributed by atoms with Crippen molar-refractivity contribution < 1.29 is 0 Å². The van der Waals surface area contributed by atoms with E-state index in [1.165, 1.54) is 16.9 Å². The van der Waals surface area contributed by atoms with Gasteiger partial charge in [0.2, 0.25) is 0 Å². The van der Waals surface area contributed by atoms with Crippen LogP contribution in [0.5, 0.6) is 0 Å². The first-order valence-corrected chi connectivity index (χ1v) is 8.82. The van der Waals surface area contributed by atoms with Gasteiger partial charge in [-0.15, -0.1) is 23.7 Å². The summed E-state index contributed by atoms with van der Waals surface area (Å²) in [7, 11) is 0. The average molecular weight is 403 g/mol. The molecule has 0 aliphatic carbocycles. The number of nitrogens with zero attached hydrogens (tertiary/aromatic N) is 2. The van der Waals surface area contributed by atoms with E-state index in [0.717, 1.165) is 35.7 Å². The number of halogens is 2. The summed E-state index contributed by atoms with van der Waals surface area (Å²) < 4.78 is 1.10. The van der Waals surface area contributed by atoms with Crippen molar-refractivity contribution in [3.63, 3.8) is 0 Å². The van der Waals surface area contributed by atoms with Gasteiger partial charge in [0.05, 0.1) is 0 Å². The maximum atomic E-state index is 5.88. The maximum Gasteiger partial charge on any atom is 0.123 e. The molecule has 1 unspecified atom stereocenters. The van der Waals surface area contributed by atoms with Crippen LogP contribution >= 0.6 is 39.7 Å². The minimum atomic E-state index is 0. The number of nitrogens with two attached hydrogens (primary N) is 1. The third-order valence-electron chi connectivity index (χ3n) is 4.15. The predicted molar refractivity (Wildman–Crippen MR) is 99.6 cm³/mol. The second-order valence-electron chi connectivity index (χ2n) is 6.11. The van der Waals surface area contributed by atoms with Crippen LogP contribution in [0.15, 0.2) is 34.9 Å². The van der Waals surface area contributed by atoms with Gasteiger partial charge in [0, 0.05) is 34.2 Å². The largest absolute Gasteiger partial charge is 0.330 e. The molecule has 1 aliphatic heterocycles. The topological polar surface area (TPSA) is 42.1 Å². The third kappa shape index (κ3) is 4.09. The van der Waals surface area contributed by atoms with E-state index in [1.807, 2.05) is 6.20 Å². The minimum Gasteiger partial charge on any atom is -0.330 e. The van der Waals surface area contributed by atoms with E-state index in [9.17, 15) is 0 Å². The van der Waals surface area contributed by atoms with Gasteiger partial charge < -0.3 is 5.73 Å². The minimum absolute atomic E-state index is 0. The van der Waals surface area contributed by atoms with Crippen LogP contribution in [0.25, 0.3) is 10.6 Å². The Morgan fingerprint density at radius 2 is 2.09 bits per heavy atom. The number of hydrogen-bond acceptors (Lipinski definition) is 4. The normalized spacial score (nSPS) is 21.8. The molecule has 2 heterocycles. The Labute approximate surface area is 150 Å². The Bertz CT molecular complexity index is 616. The van der Waals surface area contributed by atoms with Gasteiger partial charge in [0.1, 0.15) is 5.01 Å². The molecule has 0 radical (unpaired) electrons. The molecule has 0 amide bonds. The zero-order chi connectivity index (χ0) is 14.9. The van der Waals surface area contributed by atoms with Gasteiger partial charge in [-0.25, -0.2) is 4.98 Å². The van der Waals surface area contributed by atoms with E-state index >= 15 is 0 Å². The van der Waals surface area contributed by atoms with Crippen molar-refractivity contribution in [2.45, 2.75) is 19.9 Å². The molecule has 6 heteroatoms. The van der Waals surface area contributed by atoms with Crippen molar-refractivity contribution in [2.75, 3.05) is 19.6 Å². The lowest BCUT2D eigenvalue weighted by molar-refractivity contribution is 0.276. The molecule has 1 atom stereocenters. The zero-order valence-corrected chi connectivity index (χ0v) is 15.8. The number of hydrogen-bond donors (Lipinski definition) is 1. The fraction of sp³-hybridized carbons (Fsp3) is 0.438. The number of thiazole rings is 1. The van der Waals surface area contributed by atoms with Gasteiger partial charge in [0.25, 0.3) is 0 Å². The first-order valence-electron chi connectivity index (χ1n) is 7.21. The number of benzene rings is 1. The molecule has 0 saturated carbocycles. The van der Waals surface area contributed by atoms with Crippen molar-refractivity contribution in [3.8, 4) is 10.6 Å². The summed E-state index contributed by atoms with van der Waals surface area (Å²) in [6, 6.07) is 8.33. The van der Waals surface area contributed by atoms with Crippen molar-refractivity contribution in [1.82, 2.24) is 9.88 Å². The van der Waals surface area contributed by atoms with Crippen LogP contribution < -0.4 is 5.73 Å². The molecule has 22 heavy (non-hydrogen) atoms. The lowest BCUT2D eigenvalue weighted by Crippen LogP contribution is -2.30. The highest BCUT2D eigenvalue weighted by Gasteiger charge is 2.32. The van der Waals surface area contributed by atoms with Crippen LogP contribution in [0.3, 0.4) is 0 Å². The maximum absolute atomic E-state index is 5.88. The Balaban J connectivity index is 0.00000176. The van der Waals surface area contributed by atoms with Crippen molar-refractivity contribution in [1.29, 1.82) is 0 Å². The lowest BCUT2D eigenvalue weighted by atomic mass is 9.90. The quantitative estimate of drug-likeness (QED) is 0.834. The van der Waals surface area contributed by atoms with Gasteiger partial charge in [-0.1, -0.05) is 35.0 Å². The Morgan fingerprint density at radius 1 is 1.36 bits per heavy atom. The smallest absolute Gasteiger partial charge is 0.123 e. The highest BCUT2D eigenvalue weighted by atomic mass is 79.9. The molecule has 0 spiro atoms. The molecule has 1 aromatic carbocycles. The first kappa shape index (κ1) is 17.9. The SMILES string of the molecule is CC1(CN)CCN(Cc2cnc(-c3ccc(Br)cc3)s2)C1.Cl. The first-order chi connectivity index (χ1) is 10.1. The monoisotopic (exact) mass is 401 g/mol. The highest BCUT2D eigenvalue weighted by molar-refractivity contribution is 9.10. The van der Waals surface area contributed by atoms with Crippen LogP contribution in [-0.4, -0.2) is 29.5 Å². The van der Waals surface area contributed by atoms with E-state index < -0.39 is 0 Å². The van der Waals surface area contributed by atoms with E-state index in [-0.39, 0.29) is 12.4 Å². The Kier molecular flexibility index (Phi) is 6.02. The van der Waals surface area contributed by atoms with Crippen LogP contribution in [0.4, 0.5) is 0 Å². The van der Waals surface area contributed by atoms with E-state index in [0.29, 0.717) is 5.41 Å². The second kappa shape index (κ2) is 7.41. The summed E-state index contributed by atoms with van der Waals surface area (Å²) in [5, 5.41) is 1.10. The molecule has 1 fully saturated rings. The molecule has 120 valence electrons. The molecular formula is C16H21BrClN3S. The van der Waals surface area contributed by atoms with E-state index in [1.54, 1.807) is 11.3 Å². The lowest BCUT2D eigenvalue weighted by Gasteiger charge is -2.22. The summed E-state index contributed by atoms with van der Waals surface area (Å²) in [5.74, 6) is 0. The summed E-state index contributed by atoms with van der Waals surface area (Å²) >= 11 is 5.25. The Hall–Kier alpha value is -0.460. The van der Waals surface area contributed by atoms with Crippen LogP contribution in [-0.2, 0) is 6.54 Å². The van der Waals surface area contributed by atoms with Crippen molar-refractivity contribution in [3.05, 3.63) is 39.8 Å². The summed E-state index contributed by atoms with van der Waals surface area (Å²) in [4.78, 5) is 8.39. The molecule has 1 saturated heterocycles. The molecule has 1 aromatic heterocycles. The number of aromatic nitrogens is 1. The zero-order valence-electron chi connectivity index (χ0n) is 12.6. The summed E-state index contributed by atoms with van der Waals surface area (Å²) in [6.07, 6.45) is 3.21. The van der Waals surface area contributed by atoms with E-state index in [2.05, 4.69) is 57.0 Å². The van der Waals surface area contributed by atoms with Crippen molar-refractivity contribution >= 4 is 39.7 Å². The summed E-state index contributed by atoms with van der Waals surface area (Å²) in [6.45, 7) is 6.28. The van der Waals surface area contributed by atoms with Crippen LogP contribution in [0.2, 0.25) is 0 Å². The van der Waals surface area contributed by atoms with Gasteiger partial charge in [-0.3, -0.25) is 4.90 Å². The average Bonchev–Trinajstić information content (AvgIpc) is 3.08. The molecule has 0 bridgehead atoms. The second-order valence-corrected chi connectivity index (χ2v) is 8.14. The molecule has 1 aliphatic rings. The van der Waals surface area contributed by atoms with E-state index in [4.69, 9.17) is 5.73 Å². The van der Waals surface area contributed by atoms with Crippen LogP contribution in [0.1, 0.15) is 18.2 Å². The standard InChI is InChI=1S/C16H20BrN3S.ClH/c1-16(10-18)6-7-20(11-16)9-14-8-19-15(21-14)12-2-4-13(17)5-3-12;/h2-5,8H,6-7,9-11,18H2,1H3;1H. The molecular weight excluding hydrogens is 382 g/mol. The fourth-order valence-electron chi connectivity index (χ4n) is 2.75. The van der Waals surface area contributed by atoms with Gasteiger partial charge in [0.15, 0.2) is 0 Å². The van der Waals surface area contributed by atoms with Gasteiger partial charge >= 0.3 is 0 Å². The molecule has 2 aromatic rings. The predicted octanol–water partition coefficient (Wildman–Crippen LogP) is 4.17. The fourth-order valence-corrected chi connectivity index (χ4v) is 3.98. The Morgan fingerprint density at radius 3 is 2.73 bits per heavy atom. The summed E-state index contributed by atoms with van der Waals surface area (Å²) in [5.41, 5.74) is 7.35. The van der Waals surface area contributed by atoms with Gasteiger partial charge in [-0.2, -0.15) is 0 Å². The number of likely N-dealkylation sites (tertiary alicyclic amines) is 1. The highest BCUT2D eigenvalue weighted by Crippen LogP contribution is 2.32. The van der Waals surface area contributed by atoms with Gasteiger partial charge in [-0.05, 0) is 37.1 Å². The molecule has 2 N–H and O–H groups in total. The van der Waals surface area contributed by atoms with Crippen LogP contribution in [0, 0.1) is 5.41 Å².